The summed E-state index contributed by atoms with van der Waals surface area (Å²) in [6.45, 7) is -0.0294. The van der Waals surface area contributed by atoms with E-state index in [0.717, 1.165) is 5.56 Å². The maximum absolute atomic E-state index is 10.4. The third-order valence-electron chi connectivity index (χ3n) is 2.20. The molecule has 0 aromatic heterocycles. The third kappa shape index (κ3) is 2.39. The summed E-state index contributed by atoms with van der Waals surface area (Å²) in [5.74, 6) is 0. The zero-order chi connectivity index (χ0) is 9.10. The summed E-state index contributed by atoms with van der Waals surface area (Å²) in [6, 6.07) is 14.4. The number of rotatable bonds is 2. The molecule has 0 saturated carbocycles. The van der Waals surface area contributed by atoms with Crippen LogP contribution < -0.4 is 24.0 Å². The summed E-state index contributed by atoms with van der Waals surface area (Å²) in [6.07, 6.45) is 0.630. The van der Waals surface area contributed by atoms with Gasteiger partial charge in [0.2, 0.25) is 0 Å². The van der Waals surface area contributed by atoms with Crippen molar-refractivity contribution in [2.75, 3.05) is 6.61 Å². The van der Waals surface area contributed by atoms with Gasteiger partial charge in [-0.15, -0.1) is 6.61 Å². The Morgan fingerprint density at radius 3 is 2.36 bits per heavy atom. The van der Waals surface area contributed by atoms with Crippen LogP contribution in [-0.2, 0) is 6.42 Å². The fourth-order valence-electron chi connectivity index (χ4n) is 1.51. The number of fused-ring (bicyclic) bond motifs is 1. The fraction of sp³-hybridized carbons (Fsp3) is 0.167. The molecule has 14 heavy (non-hydrogen) atoms. The predicted octanol–water partition coefficient (Wildman–Crippen LogP) is -1.25. The van der Waals surface area contributed by atoms with Gasteiger partial charge in [-0.1, -0.05) is 42.5 Å². The quantitative estimate of drug-likeness (QED) is 0.527. The minimum atomic E-state index is -0.0294. The topological polar surface area (TPSA) is 23.1 Å². The normalized spacial score (nSPS) is 9.79. The van der Waals surface area contributed by atoms with Crippen LogP contribution in [0, 0.1) is 0 Å². The van der Waals surface area contributed by atoms with Gasteiger partial charge in [-0.05, 0) is 22.8 Å². The van der Waals surface area contributed by atoms with Gasteiger partial charge >= 0.3 is 18.9 Å². The van der Waals surface area contributed by atoms with Crippen molar-refractivity contribution in [2.45, 2.75) is 6.42 Å². The largest absolute Gasteiger partial charge is 1.00 e. The van der Waals surface area contributed by atoms with Crippen LogP contribution in [0.4, 0.5) is 0 Å². The van der Waals surface area contributed by atoms with Gasteiger partial charge in [0.15, 0.2) is 0 Å². The zero-order valence-electron chi connectivity index (χ0n) is 8.36. The van der Waals surface area contributed by atoms with Gasteiger partial charge in [0, 0.05) is 0 Å². The minimum absolute atomic E-state index is 0. The first kappa shape index (κ1) is 11.3. The van der Waals surface area contributed by atoms with Crippen LogP contribution >= 0.6 is 0 Å². The smallest absolute Gasteiger partial charge is 0.854 e. The second kappa shape index (κ2) is 5.22. The summed E-state index contributed by atoms with van der Waals surface area (Å²) in [7, 11) is 0. The van der Waals surface area contributed by atoms with E-state index in [1.807, 2.05) is 18.2 Å². The molecule has 0 amide bonds. The standard InChI is InChI=1S/C12H11O.Li/c13-8-7-10-5-6-11-3-1-2-4-12(11)9-10;/h1-6,9H,7-8H2;/q-1;+1. The fourth-order valence-corrected chi connectivity index (χ4v) is 1.51. The Hall–Kier alpha value is -0.743. The molecule has 2 rings (SSSR count). The average Bonchev–Trinajstić information content (AvgIpc) is 2.18. The predicted molar refractivity (Wildman–Crippen MR) is 52.5 cm³/mol. The van der Waals surface area contributed by atoms with E-state index in [2.05, 4.69) is 24.3 Å². The zero-order valence-corrected chi connectivity index (χ0v) is 8.36. The Kier molecular flexibility index (Phi) is 4.22. The van der Waals surface area contributed by atoms with Gasteiger partial charge in [-0.2, -0.15) is 0 Å². The molecule has 0 radical (unpaired) electrons. The van der Waals surface area contributed by atoms with E-state index >= 15 is 0 Å². The molecule has 0 N–H and O–H groups in total. The first-order valence-corrected chi connectivity index (χ1v) is 4.46. The Morgan fingerprint density at radius 2 is 1.64 bits per heavy atom. The second-order valence-corrected chi connectivity index (χ2v) is 3.14. The molecule has 1 nitrogen and oxygen atoms in total. The van der Waals surface area contributed by atoms with Gasteiger partial charge in [0.05, 0.1) is 0 Å². The first-order valence-electron chi connectivity index (χ1n) is 4.46. The minimum Gasteiger partial charge on any atom is -0.854 e. The first-order chi connectivity index (χ1) is 6.40. The van der Waals surface area contributed by atoms with E-state index in [1.54, 1.807) is 0 Å². The molecule has 0 heterocycles. The van der Waals surface area contributed by atoms with Crippen LogP contribution in [0.5, 0.6) is 0 Å². The molecule has 0 spiro atoms. The van der Waals surface area contributed by atoms with Crippen LogP contribution in [0.25, 0.3) is 10.8 Å². The summed E-state index contributed by atoms with van der Waals surface area (Å²) < 4.78 is 0. The van der Waals surface area contributed by atoms with Crippen molar-refractivity contribution < 1.29 is 24.0 Å². The molecular formula is C12H11LiO. The van der Waals surface area contributed by atoms with Crippen LogP contribution in [0.1, 0.15) is 5.56 Å². The van der Waals surface area contributed by atoms with Gasteiger partial charge in [-0.25, -0.2) is 0 Å². The Bertz CT molecular complexity index is 412. The summed E-state index contributed by atoms with van der Waals surface area (Å²) >= 11 is 0. The van der Waals surface area contributed by atoms with E-state index in [9.17, 15) is 5.11 Å². The number of hydrogen-bond donors (Lipinski definition) is 0. The summed E-state index contributed by atoms with van der Waals surface area (Å²) in [5.41, 5.74) is 1.13. The molecule has 2 heteroatoms. The van der Waals surface area contributed by atoms with Crippen LogP contribution in [0.3, 0.4) is 0 Å². The van der Waals surface area contributed by atoms with Crippen molar-refractivity contribution in [1.29, 1.82) is 0 Å². The number of hydrogen-bond acceptors (Lipinski definition) is 1. The van der Waals surface area contributed by atoms with E-state index in [-0.39, 0.29) is 25.5 Å². The monoisotopic (exact) mass is 178 g/mol. The van der Waals surface area contributed by atoms with Gasteiger partial charge in [-0.3, -0.25) is 0 Å². The molecule has 0 fully saturated rings. The summed E-state index contributed by atoms with van der Waals surface area (Å²) in [5, 5.41) is 12.9. The van der Waals surface area contributed by atoms with E-state index in [0.29, 0.717) is 6.42 Å². The van der Waals surface area contributed by atoms with Crippen LogP contribution in [0.15, 0.2) is 42.5 Å². The van der Waals surface area contributed by atoms with Crippen molar-refractivity contribution in [3.8, 4) is 0 Å². The molecule has 0 bridgehead atoms. The van der Waals surface area contributed by atoms with Crippen molar-refractivity contribution in [1.82, 2.24) is 0 Å². The van der Waals surface area contributed by atoms with Crippen molar-refractivity contribution in [3.63, 3.8) is 0 Å². The Balaban J connectivity index is 0.000000980. The molecule has 2 aromatic rings. The SMILES string of the molecule is [Li+].[O-]CCc1ccc2ccccc2c1. The molecule has 0 unspecified atom stereocenters. The molecule has 0 saturated heterocycles. The van der Waals surface area contributed by atoms with Crippen LogP contribution in [0.2, 0.25) is 0 Å². The van der Waals surface area contributed by atoms with Crippen molar-refractivity contribution in [2.24, 2.45) is 0 Å². The maximum Gasteiger partial charge on any atom is 1.00 e. The van der Waals surface area contributed by atoms with E-state index in [1.165, 1.54) is 10.8 Å². The van der Waals surface area contributed by atoms with Gasteiger partial charge < -0.3 is 5.11 Å². The van der Waals surface area contributed by atoms with Crippen LogP contribution in [-0.4, -0.2) is 6.61 Å². The molecule has 0 aliphatic rings. The van der Waals surface area contributed by atoms with Gasteiger partial charge in [0.1, 0.15) is 0 Å². The van der Waals surface area contributed by atoms with Crippen molar-refractivity contribution >= 4 is 10.8 Å². The Labute approximate surface area is 95.9 Å². The molecule has 66 valence electrons. The average molecular weight is 178 g/mol. The van der Waals surface area contributed by atoms with Gasteiger partial charge in [0.25, 0.3) is 0 Å². The third-order valence-corrected chi connectivity index (χ3v) is 2.20. The molecule has 0 aliphatic heterocycles. The molecule has 0 atom stereocenters. The second-order valence-electron chi connectivity index (χ2n) is 3.14. The number of benzene rings is 2. The molecule has 2 aromatic carbocycles. The molecular weight excluding hydrogens is 167 g/mol. The van der Waals surface area contributed by atoms with E-state index in [4.69, 9.17) is 0 Å². The van der Waals surface area contributed by atoms with Crippen molar-refractivity contribution in [3.05, 3.63) is 48.0 Å². The summed E-state index contributed by atoms with van der Waals surface area (Å²) in [4.78, 5) is 0. The maximum atomic E-state index is 10.4. The molecule has 0 aliphatic carbocycles. The Morgan fingerprint density at radius 1 is 0.929 bits per heavy atom. The van der Waals surface area contributed by atoms with E-state index < -0.39 is 0 Å².